The van der Waals surface area contributed by atoms with E-state index in [0.29, 0.717) is 51.5 Å². The Labute approximate surface area is 223 Å². The predicted octanol–water partition coefficient (Wildman–Crippen LogP) is 6.19. The van der Waals surface area contributed by atoms with Crippen molar-refractivity contribution in [3.63, 3.8) is 0 Å². The first-order chi connectivity index (χ1) is 19.0. The average Bonchev–Trinajstić information content (AvgIpc) is 2.96. The second-order valence-electron chi connectivity index (χ2n) is 9.29. The van der Waals surface area contributed by atoms with Crippen molar-refractivity contribution in [2.24, 2.45) is 0 Å². The molecule has 1 atom stereocenters. The van der Waals surface area contributed by atoms with Crippen LogP contribution in [0, 0.1) is 0 Å². The van der Waals surface area contributed by atoms with Gasteiger partial charge in [0.2, 0.25) is 5.43 Å². The highest BCUT2D eigenvalue weighted by Crippen LogP contribution is 2.44. The molecule has 0 unspecified atom stereocenters. The van der Waals surface area contributed by atoms with Crippen LogP contribution in [-0.2, 0) is 11.4 Å². The maximum Gasteiger partial charge on any atom is 0.312 e. The van der Waals surface area contributed by atoms with E-state index in [9.17, 15) is 14.7 Å². The van der Waals surface area contributed by atoms with Gasteiger partial charge in [-0.2, -0.15) is 0 Å². The first-order valence-corrected chi connectivity index (χ1v) is 12.4. The van der Waals surface area contributed by atoms with Crippen LogP contribution in [0.3, 0.4) is 0 Å². The maximum absolute atomic E-state index is 13.5. The van der Waals surface area contributed by atoms with E-state index in [4.69, 9.17) is 18.6 Å². The van der Waals surface area contributed by atoms with E-state index in [1.165, 1.54) is 18.4 Å². The molecule has 5 aromatic rings. The average molecular weight is 521 g/mol. The highest BCUT2D eigenvalue weighted by atomic mass is 16.5. The van der Waals surface area contributed by atoms with E-state index in [2.05, 4.69) is 0 Å². The summed E-state index contributed by atoms with van der Waals surface area (Å²) in [4.78, 5) is 26.0. The fourth-order valence-corrected chi connectivity index (χ4v) is 4.94. The zero-order valence-corrected chi connectivity index (χ0v) is 21.0. The second-order valence-corrected chi connectivity index (χ2v) is 9.29. The number of ether oxygens (including phenoxy) is 3. The zero-order valence-electron chi connectivity index (χ0n) is 21.0. The molecular formula is C32H24O7. The molecule has 0 saturated carbocycles. The number of esters is 1. The third-order valence-electron chi connectivity index (χ3n) is 6.89. The van der Waals surface area contributed by atoms with Gasteiger partial charge in [0.15, 0.2) is 11.5 Å². The van der Waals surface area contributed by atoms with Crippen molar-refractivity contribution in [1.29, 1.82) is 0 Å². The van der Waals surface area contributed by atoms with Crippen LogP contribution in [0.25, 0.3) is 22.1 Å². The normalized spacial score (nSPS) is 14.5. The first-order valence-electron chi connectivity index (χ1n) is 12.4. The van der Waals surface area contributed by atoms with Crippen molar-refractivity contribution < 1.29 is 28.5 Å². The van der Waals surface area contributed by atoms with Crippen LogP contribution in [0.15, 0.2) is 100 Å². The molecule has 0 spiro atoms. The molecule has 0 aliphatic carbocycles. The summed E-state index contributed by atoms with van der Waals surface area (Å²) < 4.78 is 23.2. The number of methoxy groups -OCH3 is 1. The third kappa shape index (κ3) is 4.59. The van der Waals surface area contributed by atoms with E-state index in [0.717, 1.165) is 11.1 Å². The summed E-state index contributed by atoms with van der Waals surface area (Å²) in [6, 6.07) is 25.0. The molecule has 0 saturated heterocycles. The second kappa shape index (κ2) is 10.0. The molecule has 1 N–H and O–H groups in total. The summed E-state index contributed by atoms with van der Waals surface area (Å²) >= 11 is 0. The number of rotatable bonds is 6. The smallest absolute Gasteiger partial charge is 0.312 e. The molecule has 6 rings (SSSR count). The zero-order chi connectivity index (χ0) is 26.9. The number of hydrogen-bond donors (Lipinski definition) is 1. The fraction of sp³-hybridized carbons (Fsp3) is 0.125. The molecule has 1 aromatic heterocycles. The number of benzene rings is 4. The third-order valence-corrected chi connectivity index (χ3v) is 6.89. The number of carbonyl (C=O) groups is 1. The Balaban J connectivity index is 1.41. The molecule has 0 radical (unpaired) electrons. The van der Waals surface area contributed by atoms with Crippen molar-refractivity contribution in [3.8, 4) is 34.1 Å². The van der Waals surface area contributed by atoms with Crippen molar-refractivity contribution >= 4 is 16.9 Å². The summed E-state index contributed by atoms with van der Waals surface area (Å²) in [5.41, 5.74) is 3.59. The number of fused-ring (bicyclic) bond motifs is 3. The Morgan fingerprint density at radius 1 is 0.923 bits per heavy atom. The molecule has 0 fully saturated rings. The van der Waals surface area contributed by atoms with Gasteiger partial charge < -0.3 is 23.7 Å². The summed E-state index contributed by atoms with van der Waals surface area (Å²) in [7, 11) is 1.57. The summed E-state index contributed by atoms with van der Waals surface area (Å²) in [6.45, 7) is 0.383. The van der Waals surface area contributed by atoms with E-state index in [1.807, 2.05) is 48.5 Å². The lowest BCUT2D eigenvalue weighted by molar-refractivity contribution is -0.135. The Bertz CT molecular complexity index is 1740. The SMILES string of the molecule is COc1cc([C@@H]2CC(=O)Oc3ccc4c(=O)c(-c5ccc(O)cc5)coc4c32)ccc1OCc1ccccc1. The van der Waals surface area contributed by atoms with E-state index in [-0.39, 0.29) is 23.6 Å². The Hall–Kier alpha value is -5.04. The summed E-state index contributed by atoms with van der Waals surface area (Å²) in [6.07, 6.45) is 1.48. The van der Waals surface area contributed by atoms with E-state index in [1.54, 1.807) is 31.4 Å². The van der Waals surface area contributed by atoms with Gasteiger partial charge in [-0.25, -0.2) is 0 Å². The minimum Gasteiger partial charge on any atom is -0.508 e. The van der Waals surface area contributed by atoms with Crippen molar-refractivity contribution in [2.75, 3.05) is 7.11 Å². The number of aromatic hydroxyl groups is 1. The van der Waals surface area contributed by atoms with Gasteiger partial charge in [-0.1, -0.05) is 48.5 Å². The van der Waals surface area contributed by atoms with Gasteiger partial charge in [-0.3, -0.25) is 9.59 Å². The number of phenolic OH excluding ortho intramolecular Hbond substituents is 1. The minimum atomic E-state index is -0.426. The standard InChI is InChI=1S/C32H24O7/c1-36-28-15-21(9-13-26(28)37-17-19-5-3-2-4-6-19)24-16-29(34)39-27-14-12-23-31(35)25(18-38-32(23)30(24)27)20-7-10-22(33)11-8-20/h2-15,18,24,33H,16-17H2,1H3/t24-/m0/s1. The Kier molecular flexibility index (Phi) is 6.25. The molecule has 4 aromatic carbocycles. The molecule has 1 aliphatic rings. The molecule has 0 amide bonds. The summed E-state index contributed by atoms with van der Waals surface area (Å²) in [5.74, 6) is 0.761. The van der Waals surface area contributed by atoms with E-state index < -0.39 is 5.92 Å². The van der Waals surface area contributed by atoms with Gasteiger partial charge in [0.25, 0.3) is 0 Å². The highest BCUT2D eigenvalue weighted by molar-refractivity contribution is 5.90. The largest absolute Gasteiger partial charge is 0.508 e. The van der Waals surface area contributed by atoms with Crippen molar-refractivity contribution in [3.05, 3.63) is 118 Å². The number of hydrogen-bond acceptors (Lipinski definition) is 7. The molecule has 194 valence electrons. The lowest BCUT2D eigenvalue weighted by Gasteiger charge is -2.26. The number of phenols is 1. The van der Waals surface area contributed by atoms with Crippen LogP contribution in [-0.4, -0.2) is 18.2 Å². The molecule has 2 heterocycles. The molecule has 39 heavy (non-hydrogen) atoms. The highest BCUT2D eigenvalue weighted by Gasteiger charge is 2.32. The van der Waals surface area contributed by atoms with Crippen LogP contribution in [0.5, 0.6) is 23.0 Å². The number of carbonyl (C=O) groups excluding carboxylic acids is 1. The molecule has 7 heteroatoms. The fourth-order valence-electron chi connectivity index (χ4n) is 4.94. The molecule has 7 nitrogen and oxygen atoms in total. The van der Waals surface area contributed by atoms with E-state index >= 15 is 0 Å². The lowest BCUT2D eigenvalue weighted by Crippen LogP contribution is -2.22. The topological polar surface area (TPSA) is 95.2 Å². The quantitative estimate of drug-likeness (QED) is 0.211. The monoisotopic (exact) mass is 520 g/mol. The molecular weight excluding hydrogens is 496 g/mol. The van der Waals surface area contributed by atoms with Gasteiger partial charge in [0.05, 0.1) is 24.5 Å². The van der Waals surface area contributed by atoms with Gasteiger partial charge in [0, 0.05) is 11.5 Å². The minimum absolute atomic E-state index is 0.0723. The van der Waals surface area contributed by atoms with Crippen LogP contribution >= 0.6 is 0 Å². The molecule has 1 aliphatic heterocycles. The van der Waals surface area contributed by atoms with Crippen LogP contribution in [0.1, 0.15) is 29.0 Å². The molecule has 0 bridgehead atoms. The summed E-state index contributed by atoms with van der Waals surface area (Å²) in [5, 5.41) is 9.99. The Morgan fingerprint density at radius 2 is 1.72 bits per heavy atom. The van der Waals surface area contributed by atoms with Gasteiger partial charge in [-0.05, 0) is 53.1 Å². The lowest BCUT2D eigenvalue weighted by atomic mass is 9.85. The predicted molar refractivity (Wildman–Crippen MR) is 145 cm³/mol. The van der Waals surface area contributed by atoms with Gasteiger partial charge in [-0.15, -0.1) is 0 Å². The first kappa shape index (κ1) is 24.3. The van der Waals surface area contributed by atoms with Crippen LogP contribution in [0.4, 0.5) is 0 Å². The van der Waals surface area contributed by atoms with Gasteiger partial charge >= 0.3 is 5.97 Å². The Morgan fingerprint density at radius 3 is 2.49 bits per heavy atom. The van der Waals surface area contributed by atoms with Crippen molar-refractivity contribution in [2.45, 2.75) is 18.9 Å². The van der Waals surface area contributed by atoms with Gasteiger partial charge in [0.1, 0.15) is 30.0 Å². The van der Waals surface area contributed by atoms with Crippen LogP contribution in [0.2, 0.25) is 0 Å². The van der Waals surface area contributed by atoms with Crippen LogP contribution < -0.4 is 19.6 Å². The maximum atomic E-state index is 13.5. The van der Waals surface area contributed by atoms with Crippen molar-refractivity contribution in [1.82, 2.24) is 0 Å².